The maximum atomic E-state index is 12.3. The molecule has 130 valence electrons. The van der Waals surface area contributed by atoms with Gasteiger partial charge in [-0.15, -0.1) is 0 Å². The van der Waals surface area contributed by atoms with Crippen LogP contribution in [-0.4, -0.2) is 17.1 Å². The smallest absolute Gasteiger partial charge is 0.319 e. The lowest BCUT2D eigenvalue weighted by atomic mass is 9.96. The third kappa shape index (κ3) is 3.21. The van der Waals surface area contributed by atoms with Crippen LogP contribution in [0.25, 0.3) is 21.8 Å². The van der Waals surface area contributed by atoms with Crippen LogP contribution in [0.4, 0.5) is 10.5 Å². The molecule has 0 saturated heterocycles. The Morgan fingerprint density at radius 2 is 1.96 bits per heavy atom. The Balaban J connectivity index is 1.56. The Morgan fingerprint density at radius 3 is 2.76 bits per heavy atom. The summed E-state index contributed by atoms with van der Waals surface area (Å²) < 4.78 is 0. The van der Waals surface area contributed by atoms with Gasteiger partial charge in [0.25, 0.3) is 0 Å². The number of aromatic amines is 1. The molecule has 3 aromatic rings. The molecule has 1 heterocycles. The van der Waals surface area contributed by atoms with Crippen molar-refractivity contribution in [1.29, 1.82) is 0 Å². The Hall–Kier alpha value is -2.49. The zero-order chi connectivity index (χ0) is 17.2. The number of urea groups is 1. The Kier molecular flexibility index (Phi) is 4.35. The summed E-state index contributed by atoms with van der Waals surface area (Å²) in [5.41, 5.74) is 4.40. The first-order valence-electron chi connectivity index (χ1n) is 9.35. The second-order valence-corrected chi connectivity index (χ2v) is 7.01. The lowest BCUT2D eigenvalue weighted by molar-refractivity contribution is 0.244. The minimum Gasteiger partial charge on any atom is -0.354 e. The van der Waals surface area contributed by atoms with Crippen LogP contribution in [0.5, 0.6) is 0 Å². The van der Waals surface area contributed by atoms with Crippen molar-refractivity contribution in [3.8, 4) is 0 Å². The second-order valence-electron chi connectivity index (χ2n) is 7.01. The predicted octanol–water partition coefficient (Wildman–Crippen LogP) is 5.34. The number of para-hydroxylation sites is 1. The van der Waals surface area contributed by atoms with Gasteiger partial charge in [0.05, 0.1) is 0 Å². The molecular weight excluding hydrogens is 310 g/mol. The standard InChI is InChI=1S/C21H25N3O/c1-2-14-7-6-10-18-17-12-11-16(13-19(17)24-20(14)18)23-21(25)22-15-8-4-3-5-9-15/h6-7,10-13,15,24H,2-5,8-9H2,1H3,(H2,22,23,25). The predicted molar refractivity (Wildman–Crippen MR) is 104 cm³/mol. The zero-order valence-electron chi connectivity index (χ0n) is 14.7. The van der Waals surface area contributed by atoms with E-state index in [2.05, 4.69) is 46.8 Å². The first-order chi connectivity index (χ1) is 12.2. The van der Waals surface area contributed by atoms with Crippen LogP contribution in [0.15, 0.2) is 36.4 Å². The molecule has 3 N–H and O–H groups in total. The van der Waals surface area contributed by atoms with Crippen LogP contribution >= 0.6 is 0 Å². The fourth-order valence-electron chi connectivity index (χ4n) is 3.96. The van der Waals surface area contributed by atoms with Gasteiger partial charge in [0.15, 0.2) is 0 Å². The molecule has 1 aromatic heterocycles. The molecule has 2 aromatic carbocycles. The number of amides is 2. The lowest BCUT2D eigenvalue weighted by Crippen LogP contribution is -2.38. The highest BCUT2D eigenvalue weighted by Crippen LogP contribution is 2.29. The van der Waals surface area contributed by atoms with E-state index in [1.54, 1.807) is 0 Å². The first-order valence-corrected chi connectivity index (χ1v) is 9.35. The molecule has 4 rings (SSSR count). The van der Waals surface area contributed by atoms with E-state index < -0.39 is 0 Å². The number of carbonyl (C=O) groups is 1. The van der Waals surface area contributed by atoms with E-state index in [1.807, 2.05) is 12.1 Å². The van der Waals surface area contributed by atoms with Crippen molar-refractivity contribution < 1.29 is 4.79 Å². The lowest BCUT2D eigenvalue weighted by Gasteiger charge is -2.22. The fourth-order valence-corrected chi connectivity index (χ4v) is 3.96. The van der Waals surface area contributed by atoms with Crippen LogP contribution in [0.1, 0.15) is 44.6 Å². The molecule has 4 nitrogen and oxygen atoms in total. The van der Waals surface area contributed by atoms with Crippen molar-refractivity contribution in [2.24, 2.45) is 0 Å². The van der Waals surface area contributed by atoms with Crippen molar-refractivity contribution in [1.82, 2.24) is 10.3 Å². The van der Waals surface area contributed by atoms with Crippen LogP contribution in [0, 0.1) is 0 Å². The number of hydrogen-bond acceptors (Lipinski definition) is 1. The van der Waals surface area contributed by atoms with Crippen molar-refractivity contribution in [2.45, 2.75) is 51.5 Å². The van der Waals surface area contributed by atoms with Gasteiger partial charge in [0.2, 0.25) is 0 Å². The summed E-state index contributed by atoms with van der Waals surface area (Å²) in [4.78, 5) is 15.8. The Morgan fingerprint density at radius 1 is 1.12 bits per heavy atom. The maximum absolute atomic E-state index is 12.3. The Labute approximate surface area is 148 Å². The fraction of sp³-hybridized carbons (Fsp3) is 0.381. The van der Waals surface area contributed by atoms with E-state index in [0.29, 0.717) is 6.04 Å². The molecule has 0 radical (unpaired) electrons. The van der Waals surface area contributed by atoms with Crippen LogP contribution in [-0.2, 0) is 6.42 Å². The number of carbonyl (C=O) groups excluding carboxylic acids is 1. The normalized spacial score (nSPS) is 15.6. The van der Waals surface area contributed by atoms with E-state index in [-0.39, 0.29) is 6.03 Å². The van der Waals surface area contributed by atoms with E-state index in [9.17, 15) is 4.79 Å². The summed E-state index contributed by atoms with van der Waals surface area (Å²) in [6, 6.07) is 12.7. The van der Waals surface area contributed by atoms with E-state index in [4.69, 9.17) is 0 Å². The minimum atomic E-state index is -0.100. The van der Waals surface area contributed by atoms with E-state index >= 15 is 0 Å². The third-order valence-corrected chi connectivity index (χ3v) is 5.30. The number of aryl methyl sites for hydroxylation is 1. The SMILES string of the molecule is CCc1cccc2c1[nH]c1cc(NC(=O)NC3CCCCC3)ccc12. The quantitative estimate of drug-likeness (QED) is 0.594. The number of fused-ring (bicyclic) bond motifs is 3. The summed E-state index contributed by atoms with van der Waals surface area (Å²) in [5, 5.41) is 8.53. The van der Waals surface area contributed by atoms with E-state index in [0.717, 1.165) is 30.5 Å². The molecule has 0 spiro atoms. The Bertz CT molecular complexity index is 906. The van der Waals surface area contributed by atoms with Crippen molar-refractivity contribution >= 4 is 33.5 Å². The van der Waals surface area contributed by atoms with Crippen LogP contribution < -0.4 is 10.6 Å². The van der Waals surface area contributed by atoms with Crippen LogP contribution in [0.3, 0.4) is 0 Å². The highest BCUT2D eigenvalue weighted by atomic mass is 16.2. The summed E-state index contributed by atoms with van der Waals surface area (Å²) >= 11 is 0. The van der Waals surface area contributed by atoms with Gasteiger partial charge in [-0.25, -0.2) is 4.79 Å². The van der Waals surface area contributed by atoms with Gasteiger partial charge >= 0.3 is 6.03 Å². The maximum Gasteiger partial charge on any atom is 0.319 e. The molecule has 0 unspecified atom stereocenters. The van der Waals surface area contributed by atoms with Gasteiger partial charge in [-0.05, 0) is 37.0 Å². The number of anilines is 1. The number of nitrogens with one attached hydrogen (secondary N) is 3. The minimum absolute atomic E-state index is 0.100. The largest absolute Gasteiger partial charge is 0.354 e. The molecule has 1 saturated carbocycles. The van der Waals surface area contributed by atoms with Gasteiger partial charge in [0, 0.05) is 33.5 Å². The van der Waals surface area contributed by atoms with Crippen molar-refractivity contribution in [3.63, 3.8) is 0 Å². The molecule has 2 amide bonds. The molecule has 4 heteroatoms. The third-order valence-electron chi connectivity index (χ3n) is 5.30. The summed E-state index contributed by atoms with van der Waals surface area (Å²) in [6.45, 7) is 2.17. The highest BCUT2D eigenvalue weighted by molar-refractivity contribution is 6.09. The topological polar surface area (TPSA) is 56.9 Å². The number of rotatable bonds is 3. The number of hydrogen-bond donors (Lipinski definition) is 3. The molecule has 0 bridgehead atoms. The molecule has 1 fully saturated rings. The van der Waals surface area contributed by atoms with Gasteiger partial charge in [-0.3, -0.25) is 0 Å². The van der Waals surface area contributed by atoms with Crippen LogP contribution in [0.2, 0.25) is 0 Å². The summed E-state index contributed by atoms with van der Waals surface area (Å²) in [6.07, 6.45) is 6.90. The first kappa shape index (κ1) is 16.0. The average molecular weight is 335 g/mol. The van der Waals surface area contributed by atoms with Gasteiger partial charge in [-0.1, -0.05) is 50.5 Å². The molecular formula is C21H25N3O. The molecule has 1 aliphatic rings. The van der Waals surface area contributed by atoms with Gasteiger partial charge in [0.1, 0.15) is 0 Å². The number of benzene rings is 2. The number of H-pyrrole nitrogens is 1. The molecule has 1 aliphatic carbocycles. The summed E-state index contributed by atoms with van der Waals surface area (Å²) in [5.74, 6) is 0. The number of aromatic nitrogens is 1. The second kappa shape index (κ2) is 6.79. The van der Waals surface area contributed by atoms with Gasteiger partial charge < -0.3 is 15.6 Å². The molecule has 0 atom stereocenters. The van der Waals surface area contributed by atoms with Crippen molar-refractivity contribution in [3.05, 3.63) is 42.0 Å². The molecule has 25 heavy (non-hydrogen) atoms. The summed E-state index contributed by atoms with van der Waals surface area (Å²) in [7, 11) is 0. The molecule has 0 aliphatic heterocycles. The monoisotopic (exact) mass is 335 g/mol. The highest BCUT2D eigenvalue weighted by Gasteiger charge is 2.16. The average Bonchev–Trinajstić information content (AvgIpc) is 3.00. The van der Waals surface area contributed by atoms with Gasteiger partial charge in [-0.2, -0.15) is 0 Å². The van der Waals surface area contributed by atoms with Crippen molar-refractivity contribution in [2.75, 3.05) is 5.32 Å². The van der Waals surface area contributed by atoms with E-state index in [1.165, 1.54) is 41.1 Å². The zero-order valence-corrected chi connectivity index (χ0v) is 14.7.